The van der Waals surface area contributed by atoms with Gasteiger partial charge >= 0.3 is 0 Å². The molecule has 0 fully saturated rings. The normalized spacial score (nSPS) is 18.2. The average Bonchev–Trinajstić information content (AvgIpc) is 3.36. The summed E-state index contributed by atoms with van der Waals surface area (Å²) in [6.45, 7) is 0. The zero-order chi connectivity index (χ0) is 16.8. The molecule has 24 heavy (non-hydrogen) atoms. The Morgan fingerprint density at radius 2 is 1.62 bits per heavy atom. The third-order valence-electron chi connectivity index (χ3n) is 3.48. The standard InChI is InChI=1S/C16H10N8/c1-2-11-6-13-8-17-15(20-13)22-16-21-14(23-24-16)7-12-4-3-10(19-12)5-9(1)18-11/h1-8H,(H2,17,20,21,22,23,24)/i/hD. The quantitative estimate of drug-likeness (QED) is 0.740. The Bertz CT molecular complexity index is 1200. The lowest BCUT2D eigenvalue weighted by atomic mass is 10.3. The van der Waals surface area contributed by atoms with Crippen LogP contribution in [0.5, 0.6) is 0 Å². The number of aromatic nitrogens is 5. The molecule has 8 nitrogen and oxygen atoms in total. The molecular formula is C16H10N8. The van der Waals surface area contributed by atoms with Gasteiger partial charge in [0.15, 0.2) is 6.89 Å². The van der Waals surface area contributed by atoms with E-state index >= 15 is 0 Å². The second-order valence-corrected chi connectivity index (χ2v) is 5.25. The Morgan fingerprint density at radius 3 is 2.50 bits per heavy atom. The summed E-state index contributed by atoms with van der Waals surface area (Å²) in [7, 11) is 0. The maximum atomic E-state index is 8.10. The smallest absolute Gasteiger partial charge is 0.251 e. The topological polar surface area (TPSA) is 107 Å². The first-order valence-electron chi connectivity index (χ1n) is 7.71. The van der Waals surface area contributed by atoms with E-state index in [-0.39, 0.29) is 5.62 Å². The summed E-state index contributed by atoms with van der Waals surface area (Å²) >= 11 is 0. The van der Waals surface area contributed by atoms with Crippen LogP contribution < -0.4 is 11.1 Å². The fourth-order valence-electron chi connectivity index (χ4n) is 2.45. The zero-order valence-electron chi connectivity index (χ0n) is 13.2. The Labute approximate surface area is 136 Å². The lowest BCUT2D eigenvalue weighted by Crippen LogP contribution is -2.12. The first-order valence-corrected chi connectivity index (χ1v) is 7.26. The Hall–Kier alpha value is -3.68. The fraction of sp³-hybridized carbons (Fsp3) is 0. The van der Waals surface area contributed by atoms with Crippen molar-refractivity contribution in [3.05, 3.63) is 64.8 Å². The van der Waals surface area contributed by atoms with Gasteiger partial charge in [0.25, 0.3) is 5.62 Å². The summed E-state index contributed by atoms with van der Waals surface area (Å²) in [5.41, 5.74) is 4.23. The van der Waals surface area contributed by atoms with Crippen LogP contribution in [0, 0.1) is 0 Å². The number of hydrogen-bond acceptors (Lipinski definition) is 6. The van der Waals surface area contributed by atoms with E-state index in [1.54, 1.807) is 12.3 Å². The lowest BCUT2D eigenvalue weighted by molar-refractivity contribution is 0.986. The molecule has 5 heterocycles. The summed E-state index contributed by atoms with van der Waals surface area (Å²) in [6, 6.07) is 0. The second kappa shape index (κ2) is 4.92. The number of allylic oxidation sites excluding steroid dienone is 5. The molecule has 3 aliphatic rings. The van der Waals surface area contributed by atoms with Crippen LogP contribution in [-0.4, -0.2) is 36.6 Å². The number of nitrogens with one attached hydrogen (secondary N) is 2. The van der Waals surface area contributed by atoms with Crippen LogP contribution in [0.15, 0.2) is 62.9 Å². The van der Waals surface area contributed by atoms with Gasteiger partial charge in [-0.3, -0.25) is 0 Å². The molecule has 0 spiro atoms. The van der Waals surface area contributed by atoms with Gasteiger partial charge in [0.1, 0.15) is 0 Å². The minimum absolute atomic E-state index is 0.131. The van der Waals surface area contributed by atoms with Gasteiger partial charge in [0.2, 0.25) is 5.95 Å². The SMILES string of the molecule is [2H]n1c2nnc1=Nc1nc(c[nH]1)C=C1C=CC(=N1)C=C1C=CC(=N1)C=2. The van der Waals surface area contributed by atoms with Crippen molar-refractivity contribution < 1.29 is 1.41 Å². The first-order chi connectivity index (χ1) is 12.2. The Morgan fingerprint density at radius 1 is 0.833 bits per heavy atom. The van der Waals surface area contributed by atoms with Gasteiger partial charge in [-0.25, -0.2) is 15.0 Å². The molecular weight excluding hydrogens is 304 g/mol. The number of rotatable bonds is 0. The van der Waals surface area contributed by atoms with Crippen LogP contribution in [0.3, 0.4) is 0 Å². The van der Waals surface area contributed by atoms with Crippen molar-refractivity contribution in [1.29, 1.82) is 0 Å². The second-order valence-electron chi connectivity index (χ2n) is 5.25. The third kappa shape index (κ3) is 2.35. The van der Waals surface area contributed by atoms with E-state index in [1.165, 1.54) is 0 Å². The molecule has 2 aromatic rings. The van der Waals surface area contributed by atoms with Crippen molar-refractivity contribution in [1.82, 2.24) is 25.1 Å². The van der Waals surface area contributed by atoms with E-state index in [0.717, 1.165) is 22.1 Å². The predicted molar refractivity (Wildman–Crippen MR) is 89.1 cm³/mol. The van der Waals surface area contributed by atoms with Crippen LogP contribution in [0.25, 0.3) is 12.2 Å². The van der Waals surface area contributed by atoms with E-state index < -0.39 is 0 Å². The molecule has 3 aliphatic heterocycles. The molecule has 2 aromatic heterocycles. The zero-order valence-corrected chi connectivity index (χ0v) is 12.2. The molecule has 8 heteroatoms. The number of aliphatic imine (C=N–C) groups is 2. The Kier molecular flexibility index (Phi) is 2.42. The van der Waals surface area contributed by atoms with Crippen molar-refractivity contribution in [3.63, 3.8) is 0 Å². The maximum Gasteiger partial charge on any atom is 0.251 e. The van der Waals surface area contributed by atoms with Crippen LogP contribution in [-0.2, 0) is 0 Å². The molecule has 0 saturated heterocycles. The van der Waals surface area contributed by atoms with Crippen molar-refractivity contribution in [2.75, 3.05) is 0 Å². The molecule has 114 valence electrons. The van der Waals surface area contributed by atoms with E-state index in [4.69, 9.17) is 1.41 Å². The number of nitrogens with zero attached hydrogens (tertiary/aromatic N) is 6. The molecule has 0 saturated carbocycles. The highest BCUT2D eigenvalue weighted by Gasteiger charge is 2.08. The van der Waals surface area contributed by atoms with Crippen molar-refractivity contribution in [3.8, 4) is 0 Å². The summed E-state index contributed by atoms with van der Waals surface area (Å²) < 4.78 is 8.10. The van der Waals surface area contributed by atoms with Crippen molar-refractivity contribution >= 4 is 29.5 Å². The molecule has 0 unspecified atom stereocenters. The van der Waals surface area contributed by atoms with E-state index in [0.29, 0.717) is 22.8 Å². The van der Waals surface area contributed by atoms with Crippen molar-refractivity contribution in [2.45, 2.75) is 0 Å². The van der Waals surface area contributed by atoms with Gasteiger partial charge in [-0.05, 0) is 36.5 Å². The third-order valence-corrected chi connectivity index (χ3v) is 3.48. The molecule has 0 amide bonds. The number of fused-ring (bicyclic) bond motifs is 6. The molecule has 0 atom stereocenters. The summed E-state index contributed by atoms with van der Waals surface area (Å²) in [5.74, 6) is 0.345. The molecule has 5 rings (SSSR count). The number of H-pyrrole nitrogens is 2. The first kappa shape index (κ1) is 11.8. The number of aromatic amines is 2. The molecule has 8 bridgehead atoms. The number of hydrogen-bond donors (Lipinski definition) is 2. The highest BCUT2D eigenvalue weighted by atomic mass is 15.2. The fourth-order valence-corrected chi connectivity index (χ4v) is 2.45. The van der Waals surface area contributed by atoms with Crippen LogP contribution in [0.4, 0.5) is 5.95 Å². The van der Waals surface area contributed by atoms with Gasteiger partial charge in [-0.1, -0.05) is 0 Å². The van der Waals surface area contributed by atoms with Gasteiger partial charge in [0, 0.05) is 12.3 Å². The summed E-state index contributed by atoms with van der Waals surface area (Å²) in [4.78, 5) is 21.6. The van der Waals surface area contributed by atoms with Gasteiger partial charge < -0.3 is 9.96 Å². The minimum atomic E-state index is 0.131. The highest BCUT2D eigenvalue weighted by Crippen LogP contribution is 2.17. The number of imidazole rings is 1. The monoisotopic (exact) mass is 315 g/mol. The molecule has 2 N–H and O–H groups in total. The average molecular weight is 315 g/mol. The molecule has 0 aliphatic carbocycles. The van der Waals surface area contributed by atoms with E-state index in [1.807, 2.05) is 36.5 Å². The predicted octanol–water partition coefficient (Wildman–Crippen LogP) is 0.520. The lowest BCUT2D eigenvalue weighted by Gasteiger charge is -1.91. The summed E-state index contributed by atoms with van der Waals surface area (Å²) in [6.07, 6.45) is 14.7. The summed E-state index contributed by atoms with van der Waals surface area (Å²) in [5, 5.41) is 7.90. The minimum Gasteiger partial charge on any atom is -0.328 e. The van der Waals surface area contributed by atoms with Crippen molar-refractivity contribution in [2.24, 2.45) is 15.0 Å². The van der Waals surface area contributed by atoms with Crippen LogP contribution in [0.2, 0.25) is 1.41 Å². The van der Waals surface area contributed by atoms with Gasteiger partial charge in [-0.15, -0.1) is 10.2 Å². The van der Waals surface area contributed by atoms with E-state index in [9.17, 15) is 0 Å². The highest BCUT2D eigenvalue weighted by molar-refractivity contribution is 6.19. The molecule has 0 radical (unpaired) electrons. The van der Waals surface area contributed by atoms with Gasteiger partial charge in [0.05, 0.1) is 28.5 Å². The largest absolute Gasteiger partial charge is 0.328 e. The van der Waals surface area contributed by atoms with E-state index in [2.05, 4.69) is 35.1 Å². The maximum absolute atomic E-state index is 8.10. The van der Waals surface area contributed by atoms with Gasteiger partial charge in [-0.2, -0.15) is 4.99 Å². The van der Waals surface area contributed by atoms with Crippen LogP contribution >= 0.6 is 0 Å². The molecule has 0 aromatic carbocycles. The van der Waals surface area contributed by atoms with Crippen LogP contribution in [0.1, 0.15) is 5.69 Å². The Balaban J connectivity index is 1.75.